The standard InChI is InChI=1S/C50H35NO/c1-3-12-36(13-4-1)39-26-30-44(31-27-39)51(46-18-11-17-42(34-46)37-14-5-2-6-15-37)45-32-28-40(29-33-45)38-22-24-41(25-23-38)47-19-8-9-20-48(47)50-35-43-16-7-10-21-49(43)52-50/h1-35H. The van der Waals surface area contributed by atoms with Crippen LogP contribution >= 0.6 is 0 Å². The molecule has 8 aromatic carbocycles. The fourth-order valence-corrected chi connectivity index (χ4v) is 7.05. The van der Waals surface area contributed by atoms with Crippen LogP contribution < -0.4 is 4.90 Å². The van der Waals surface area contributed by atoms with Crippen molar-refractivity contribution in [1.29, 1.82) is 0 Å². The van der Waals surface area contributed by atoms with Gasteiger partial charge in [-0.25, -0.2) is 0 Å². The molecule has 0 amide bonds. The Morgan fingerprint density at radius 1 is 0.288 bits per heavy atom. The van der Waals surface area contributed by atoms with Crippen LogP contribution in [-0.2, 0) is 0 Å². The maximum atomic E-state index is 6.25. The summed E-state index contributed by atoms with van der Waals surface area (Å²) in [6.45, 7) is 0. The third-order valence-corrected chi connectivity index (χ3v) is 9.72. The van der Waals surface area contributed by atoms with E-state index in [4.69, 9.17) is 4.42 Å². The molecule has 2 nitrogen and oxygen atoms in total. The van der Waals surface area contributed by atoms with E-state index in [1.54, 1.807) is 0 Å². The van der Waals surface area contributed by atoms with Crippen LogP contribution in [0.4, 0.5) is 17.1 Å². The number of rotatable bonds is 8. The molecule has 0 saturated carbocycles. The zero-order valence-corrected chi connectivity index (χ0v) is 28.6. The number of benzene rings is 8. The second kappa shape index (κ2) is 13.8. The quantitative estimate of drug-likeness (QED) is 0.161. The summed E-state index contributed by atoms with van der Waals surface area (Å²) < 4.78 is 6.25. The minimum atomic E-state index is 0.880. The van der Waals surface area contributed by atoms with Gasteiger partial charge in [-0.1, -0.05) is 164 Å². The molecule has 0 bridgehead atoms. The number of hydrogen-bond acceptors (Lipinski definition) is 2. The highest BCUT2D eigenvalue weighted by atomic mass is 16.3. The van der Waals surface area contributed by atoms with E-state index in [9.17, 15) is 0 Å². The monoisotopic (exact) mass is 665 g/mol. The lowest BCUT2D eigenvalue weighted by Crippen LogP contribution is -2.10. The first kappa shape index (κ1) is 31.1. The van der Waals surface area contributed by atoms with Crippen molar-refractivity contribution in [3.8, 4) is 55.8 Å². The van der Waals surface area contributed by atoms with Gasteiger partial charge in [-0.3, -0.25) is 0 Å². The van der Waals surface area contributed by atoms with E-state index >= 15 is 0 Å². The van der Waals surface area contributed by atoms with Crippen molar-refractivity contribution < 1.29 is 4.42 Å². The lowest BCUT2D eigenvalue weighted by atomic mass is 9.96. The summed E-state index contributed by atoms with van der Waals surface area (Å²) in [6, 6.07) is 75.2. The highest BCUT2D eigenvalue weighted by Gasteiger charge is 2.15. The van der Waals surface area contributed by atoms with Crippen molar-refractivity contribution >= 4 is 28.0 Å². The molecule has 0 aliphatic rings. The molecule has 1 heterocycles. The first-order chi connectivity index (χ1) is 25.8. The lowest BCUT2D eigenvalue weighted by Gasteiger charge is -2.26. The Hall–Kier alpha value is -6.90. The fourth-order valence-electron chi connectivity index (χ4n) is 7.05. The molecule has 0 N–H and O–H groups in total. The Balaban J connectivity index is 1.04. The van der Waals surface area contributed by atoms with Gasteiger partial charge >= 0.3 is 0 Å². The number of fused-ring (bicyclic) bond motifs is 1. The van der Waals surface area contributed by atoms with Crippen molar-refractivity contribution in [3.63, 3.8) is 0 Å². The molecule has 0 fully saturated rings. The number of anilines is 3. The predicted molar refractivity (Wildman–Crippen MR) is 218 cm³/mol. The smallest absolute Gasteiger partial charge is 0.136 e. The van der Waals surface area contributed by atoms with E-state index in [1.807, 2.05) is 18.2 Å². The average Bonchev–Trinajstić information content (AvgIpc) is 3.67. The Labute approximate surface area is 304 Å². The van der Waals surface area contributed by atoms with Gasteiger partial charge in [0.1, 0.15) is 11.3 Å². The summed E-state index contributed by atoms with van der Waals surface area (Å²) in [5.74, 6) is 0.880. The van der Waals surface area contributed by atoms with Crippen LogP contribution in [0.3, 0.4) is 0 Å². The van der Waals surface area contributed by atoms with Crippen LogP contribution in [0, 0.1) is 0 Å². The Bertz CT molecular complexity index is 2550. The summed E-state index contributed by atoms with van der Waals surface area (Å²) >= 11 is 0. The Morgan fingerprint density at radius 3 is 1.37 bits per heavy atom. The molecule has 0 saturated heterocycles. The molecule has 0 spiro atoms. The minimum absolute atomic E-state index is 0.880. The van der Waals surface area contributed by atoms with Gasteiger partial charge in [0.2, 0.25) is 0 Å². The highest BCUT2D eigenvalue weighted by Crippen LogP contribution is 2.39. The zero-order chi connectivity index (χ0) is 34.7. The summed E-state index contributed by atoms with van der Waals surface area (Å²) in [4.78, 5) is 2.34. The number of furan rings is 1. The maximum absolute atomic E-state index is 6.25. The second-order valence-electron chi connectivity index (χ2n) is 13.0. The van der Waals surface area contributed by atoms with Crippen molar-refractivity contribution in [2.45, 2.75) is 0 Å². The van der Waals surface area contributed by atoms with Gasteiger partial charge in [0.05, 0.1) is 0 Å². The average molecular weight is 666 g/mol. The number of hydrogen-bond donors (Lipinski definition) is 0. The Morgan fingerprint density at radius 2 is 0.750 bits per heavy atom. The maximum Gasteiger partial charge on any atom is 0.136 e. The van der Waals surface area contributed by atoms with Crippen LogP contribution in [0.2, 0.25) is 0 Å². The molecule has 0 atom stereocenters. The molecule has 52 heavy (non-hydrogen) atoms. The van der Waals surface area contributed by atoms with Crippen LogP contribution in [-0.4, -0.2) is 0 Å². The molecular weight excluding hydrogens is 631 g/mol. The largest absolute Gasteiger partial charge is 0.456 e. The summed E-state index contributed by atoms with van der Waals surface area (Å²) in [5.41, 5.74) is 14.7. The molecule has 0 radical (unpaired) electrons. The van der Waals surface area contributed by atoms with Crippen molar-refractivity contribution in [3.05, 3.63) is 212 Å². The summed E-state index contributed by atoms with van der Waals surface area (Å²) in [7, 11) is 0. The minimum Gasteiger partial charge on any atom is -0.456 e. The molecule has 0 unspecified atom stereocenters. The van der Waals surface area contributed by atoms with E-state index < -0.39 is 0 Å². The first-order valence-electron chi connectivity index (χ1n) is 17.7. The topological polar surface area (TPSA) is 16.4 Å². The van der Waals surface area contributed by atoms with E-state index in [0.29, 0.717) is 0 Å². The fraction of sp³-hybridized carbons (Fsp3) is 0. The third kappa shape index (κ3) is 6.19. The van der Waals surface area contributed by atoms with Crippen molar-refractivity contribution in [1.82, 2.24) is 0 Å². The highest BCUT2D eigenvalue weighted by molar-refractivity contribution is 5.89. The molecule has 2 heteroatoms. The molecule has 1 aromatic heterocycles. The van der Waals surface area contributed by atoms with Crippen molar-refractivity contribution in [2.24, 2.45) is 0 Å². The van der Waals surface area contributed by atoms with Gasteiger partial charge in [0.15, 0.2) is 0 Å². The van der Waals surface area contributed by atoms with Gasteiger partial charge < -0.3 is 9.32 Å². The normalized spacial score (nSPS) is 11.1. The predicted octanol–water partition coefficient (Wildman–Crippen LogP) is 14.2. The van der Waals surface area contributed by atoms with Crippen LogP contribution in [0.15, 0.2) is 217 Å². The van der Waals surface area contributed by atoms with Crippen LogP contribution in [0.25, 0.3) is 66.8 Å². The van der Waals surface area contributed by atoms with E-state index in [-0.39, 0.29) is 0 Å². The lowest BCUT2D eigenvalue weighted by molar-refractivity contribution is 0.632. The van der Waals surface area contributed by atoms with Gasteiger partial charge in [-0.15, -0.1) is 0 Å². The molecule has 0 aliphatic heterocycles. The van der Waals surface area contributed by atoms with Crippen molar-refractivity contribution in [2.75, 3.05) is 4.90 Å². The second-order valence-corrected chi connectivity index (χ2v) is 13.0. The zero-order valence-electron chi connectivity index (χ0n) is 28.6. The molecule has 9 rings (SSSR count). The first-order valence-corrected chi connectivity index (χ1v) is 17.7. The Kier molecular flexibility index (Phi) is 8.24. The van der Waals surface area contributed by atoms with E-state index in [0.717, 1.165) is 50.5 Å². The SMILES string of the molecule is c1ccc(-c2ccc(N(c3ccc(-c4ccc(-c5ccccc5-c5cc6ccccc6o5)cc4)cc3)c3cccc(-c4ccccc4)c3)cc2)cc1. The number of nitrogens with zero attached hydrogens (tertiary/aromatic N) is 1. The number of para-hydroxylation sites is 1. The third-order valence-electron chi connectivity index (χ3n) is 9.72. The molecular formula is C50H35NO. The summed E-state index contributed by atoms with van der Waals surface area (Å²) in [6.07, 6.45) is 0. The van der Waals surface area contributed by atoms with Gasteiger partial charge in [0.25, 0.3) is 0 Å². The molecule has 9 aromatic rings. The molecule has 246 valence electrons. The van der Waals surface area contributed by atoms with E-state index in [1.165, 1.54) is 33.4 Å². The summed E-state index contributed by atoms with van der Waals surface area (Å²) in [5, 5.41) is 1.11. The van der Waals surface area contributed by atoms with Crippen LogP contribution in [0.5, 0.6) is 0 Å². The van der Waals surface area contributed by atoms with Gasteiger partial charge in [-0.2, -0.15) is 0 Å². The van der Waals surface area contributed by atoms with Crippen LogP contribution in [0.1, 0.15) is 0 Å². The molecule has 0 aliphatic carbocycles. The van der Waals surface area contributed by atoms with Gasteiger partial charge in [-0.05, 0) is 93.0 Å². The van der Waals surface area contributed by atoms with Gasteiger partial charge in [0, 0.05) is 28.0 Å². The van der Waals surface area contributed by atoms with E-state index in [2.05, 4.69) is 199 Å².